The number of carbonyl (C=O) groups is 1. The Morgan fingerprint density at radius 3 is 2.60 bits per heavy atom. The van der Waals surface area contributed by atoms with Crippen LogP contribution in [-0.4, -0.2) is 51.5 Å². The fourth-order valence-electron chi connectivity index (χ4n) is 3.87. The van der Waals surface area contributed by atoms with Crippen molar-refractivity contribution in [2.45, 2.75) is 32.5 Å². The van der Waals surface area contributed by atoms with Crippen LogP contribution in [-0.2, 0) is 12.7 Å². The summed E-state index contributed by atoms with van der Waals surface area (Å²) in [4.78, 5) is 22.8. The second-order valence-corrected chi connectivity index (χ2v) is 8.28. The minimum absolute atomic E-state index is 0.281. The number of alkyl halides is 3. The Hall–Kier alpha value is -3.64. The molecule has 182 valence electrons. The molecule has 1 saturated heterocycles. The van der Waals surface area contributed by atoms with Gasteiger partial charge in [-0.3, -0.25) is 9.78 Å². The molecule has 6 nitrogen and oxygen atoms in total. The lowest BCUT2D eigenvalue weighted by molar-refractivity contribution is -0.138. The van der Waals surface area contributed by atoms with Crippen LogP contribution in [0.4, 0.5) is 13.2 Å². The Kier molecular flexibility index (Phi) is 7.51. The van der Waals surface area contributed by atoms with Crippen molar-refractivity contribution in [3.8, 4) is 23.1 Å². The van der Waals surface area contributed by atoms with Crippen molar-refractivity contribution in [2.75, 3.05) is 26.2 Å². The minimum atomic E-state index is -4.67. The number of hydrogen-bond donors (Lipinski definition) is 1. The van der Waals surface area contributed by atoms with Gasteiger partial charge in [0.1, 0.15) is 0 Å². The Balaban J connectivity index is 1.57. The highest BCUT2D eigenvalue weighted by molar-refractivity contribution is 5.96. The number of aryl methyl sites for hydroxylation is 1. The molecule has 0 spiro atoms. The maximum Gasteiger partial charge on any atom is 0.417 e. The van der Waals surface area contributed by atoms with Crippen LogP contribution in [0.15, 0.2) is 48.9 Å². The van der Waals surface area contributed by atoms with Gasteiger partial charge in [0, 0.05) is 62.4 Å². The molecule has 1 aliphatic heterocycles. The zero-order valence-corrected chi connectivity index (χ0v) is 19.4. The van der Waals surface area contributed by atoms with E-state index in [1.807, 2.05) is 10.8 Å². The Morgan fingerprint density at radius 2 is 1.91 bits per heavy atom. The lowest BCUT2D eigenvalue weighted by atomic mass is 10.00. The monoisotopic (exact) mass is 481 g/mol. The van der Waals surface area contributed by atoms with E-state index in [2.05, 4.69) is 34.0 Å². The van der Waals surface area contributed by atoms with Crippen molar-refractivity contribution in [3.05, 3.63) is 71.4 Å². The van der Waals surface area contributed by atoms with Crippen LogP contribution in [0.25, 0.3) is 11.3 Å². The number of unbranched alkanes of at least 4 members (excludes halogenated alkanes) is 1. The summed E-state index contributed by atoms with van der Waals surface area (Å²) >= 11 is 0. The second-order valence-electron chi connectivity index (χ2n) is 8.28. The van der Waals surface area contributed by atoms with E-state index in [-0.39, 0.29) is 11.1 Å². The van der Waals surface area contributed by atoms with Crippen molar-refractivity contribution in [1.29, 1.82) is 0 Å². The molecule has 0 bridgehead atoms. The quantitative estimate of drug-likeness (QED) is 0.555. The molecule has 1 amide bonds. The molecule has 4 rings (SSSR count). The molecule has 35 heavy (non-hydrogen) atoms. The number of amides is 1. The summed E-state index contributed by atoms with van der Waals surface area (Å²) in [5, 5.41) is 3.09. The number of aromatic nitrogens is 3. The van der Waals surface area contributed by atoms with E-state index in [1.54, 1.807) is 18.3 Å². The van der Waals surface area contributed by atoms with Crippen LogP contribution in [0.3, 0.4) is 0 Å². The molecule has 0 aliphatic carbocycles. The summed E-state index contributed by atoms with van der Waals surface area (Å²) in [5.74, 6) is 6.08. The van der Waals surface area contributed by atoms with Gasteiger partial charge in [-0.25, -0.2) is 4.98 Å². The van der Waals surface area contributed by atoms with Gasteiger partial charge in [-0.1, -0.05) is 25.3 Å². The lowest BCUT2D eigenvalue weighted by Gasteiger charge is -2.28. The Labute approximate surface area is 202 Å². The Morgan fingerprint density at radius 1 is 1.11 bits per heavy atom. The molecule has 1 aromatic carbocycles. The molecule has 0 unspecified atom stereocenters. The number of halogens is 3. The molecule has 2 aromatic heterocycles. The molecular weight excluding hydrogens is 455 g/mol. The van der Waals surface area contributed by atoms with E-state index >= 15 is 0 Å². The molecule has 0 atom stereocenters. The molecule has 3 heterocycles. The van der Waals surface area contributed by atoms with Crippen molar-refractivity contribution >= 4 is 5.91 Å². The molecular formula is C26H26F3N5O. The fourth-order valence-corrected chi connectivity index (χ4v) is 3.87. The van der Waals surface area contributed by atoms with Crippen LogP contribution < -0.4 is 5.32 Å². The van der Waals surface area contributed by atoms with Crippen molar-refractivity contribution < 1.29 is 18.0 Å². The number of imidazole rings is 1. The standard InChI is InChI=1S/C26H26F3N5O/c1-2-3-13-33-16-12-31-24(33)9-5-19-4-8-23(32-18-19)20-6-7-21(22(17-20)26(27,28)29)25(35)34-14-10-30-11-15-34/h4,6-8,12,16-18,30H,2-3,10-11,13-15H2,1H3. The summed E-state index contributed by atoms with van der Waals surface area (Å²) in [6, 6.07) is 7.08. The number of carbonyl (C=O) groups excluding carboxylic acids is 1. The first-order valence-electron chi connectivity index (χ1n) is 11.6. The van der Waals surface area contributed by atoms with Gasteiger partial charge in [0.25, 0.3) is 5.91 Å². The molecule has 1 fully saturated rings. The zero-order chi connectivity index (χ0) is 24.8. The van der Waals surface area contributed by atoms with Gasteiger partial charge in [-0.15, -0.1) is 0 Å². The van der Waals surface area contributed by atoms with Crippen LogP contribution in [0.1, 0.15) is 47.1 Å². The summed E-state index contributed by atoms with van der Waals surface area (Å²) in [6.07, 6.45) is 2.54. The highest BCUT2D eigenvalue weighted by Gasteiger charge is 2.36. The van der Waals surface area contributed by atoms with Gasteiger partial charge in [0.2, 0.25) is 0 Å². The van der Waals surface area contributed by atoms with Crippen LogP contribution >= 0.6 is 0 Å². The number of pyridine rings is 1. The fraction of sp³-hybridized carbons (Fsp3) is 0.346. The topological polar surface area (TPSA) is 63.1 Å². The third-order valence-electron chi connectivity index (χ3n) is 5.81. The lowest BCUT2D eigenvalue weighted by Crippen LogP contribution is -2.46. The molecule has 1 N–H and O–H groups in total. The van der Waals surface area contributed by atoms with E-state index in [0.717, 1.165) is 25.5 Å². The van der Waals surface area contributed by atoms with Crippen molar-refractivity contribution in [1.82, 2.24) is 24.8 Å². The maximum absolute atomic E-state index is 13.9. The van der Waals surface area contributed by atoms with E-state index in [1.165, 1.54) is 23.2 Å². The first kappa shape index (κ1) is 24.5. The molecule has 3 aromatic rings. The molecule has 9 heteroatoms. The van der Waals surface area contributed by atoms with Gasteiger partial charge in [-0.05, 0) is 36.6 Å². The average Bonchev–Trinajstić information content (AvgIpc) is 3.33. The number of nitrogens with one attached hydrogen (secondary N) is 1. The highest BCUT2D eigenvalue weighted by atomic mass is 19.4. The third kappa shape index (κ3) is 5.89. The predicted octanol–water partition coefficient (Wildman–Crippen LogP) is 4.21. The minimum Gasteiger partial charge on any atom is -0.336 e. The molecule has 0 saturated carbocycles. The van der Waals surface area contributed by atoms with Gasteiger partial charge in [0.05, 0.1) is 16.8 Å². The first-order chi connectivity index (χ1) is 16.9. The zero-order valence-electron chi connectivity index (χ0n) is 19.4. The summed E-state index contributed by atoms with van der Waals surface area (Å²) in [7, 11) is 0. The summed E-state index contributed by atoms with van der Waals surface area (Å²) in [6.45, 7) is 4.83. The highest BCUT2D eigenvalue weighted by Crippen LogP contribution is 2.35. The Bertz CT molecular complexity index is 1230. The molecule has 0 radical (unpaired) electrons. The van der Waals surface area contributed by atoms with E-state index in [9.17, 15) is 18.0 Å². The second kappa shape index (κ2) is 10.7. The largest absolute Gasteiger partial charge is 0.417 e. The number of hydrogen-bond acceptors (Lipinski definition) is 4. The SMILES string of the molecule is CCCCn1ccnc1C#Cc1ccc(-c2ccc(C(=O)N3CCNCC3)c(C(F)(F)F)c2)nc1. The normalized spacial score (nSPS) is 13.9. The number of rotatable bonds is 5. The van der Waals surface area contributed by atoms with Crippen LogP contribution in [0.5, 0.6) is 0 Å². The van der Waals surface area contributed by atoms with Crippen molar-refractivity contribution in [2.24, 2.45) is 0 Å². The smallest absolute Gasteiger partial charge is 0.336 e. The van der Waals surface area contributed by atoms with E-state index < -0.39 is 17.6 Å². The predicted molar refractivity (Wildman–Crippen MR) is 127 cm³/mol. The maximum atomic E-state index is 13.9. The van der Waals surface area contributed by atoms with Crippen LogP contribution in [0.2, 0.25) is 0 Å². The summed E-state index contributed by atoms with van der Waals surface area (Å²) in [5.41, 5.74) is -0.0249. The number of piperazine rings is 1. The van der Waals surface area contributed by atoms with Crippen molar-refractivity contribution in [3.63, 3.8) is 0 Å². The third-order valence-corrected chi connectivity index (χ3v) is 5.81. The number of nitrogens with zero attached hydrogens (tertiary/aromatic N) is 4. The van der Waals surface area contributed by atoms with Crippen LogP contribution in [0, 0.1) is 11.8 Å². The van der Waals surface area contributed by atoms with E-state index in [0.29, 0.717) is 43.3 Å². The van der Waals surface area contributed by atoms with Gasteiger partial charge in [0.15, 0.2) is 5.82 Å². The van der Waals surface area contributed by atoms with Gasteiger partial charge >= 0.3 is 6.18 Å². The average molecular weight is 482 g/mol. The van der Waals surface area contributed by atoms with Gasteiger partial charge in [-0.2, -0.15) is 13.2 Å². The molecule has 1 aliphatic rings. The first-order valence-corrected chi connectivity index (χ1v) is 11.6. The summed E-state index contributed by atoms with van der Waals surface area (Å²) < 4.78 is 43.5. The van der Waals surface area contributed by atoms with E-state index in [4.69, 9.17) is 0 Å². The number of benzene rings is 1. The van der Waals surface area contributed by atoms with Gasteiger partial charge < -0.3 is 14.8 Å².